The summed E-state index contributed by atoms with van der Waals surface area (Å²) in [6, 6.07) is 17.4. The molecule has 0 radical (unpaired) electrons. The van der Waals surface area contributed by atoms with E-state index in [-0.39, 0.29) is 12.1 Å². The monoisotopic (exact) mass is 419 g/mol. The van der Waals surface area contributed by atoms with Gasteiger partial charge in [0, 0.05) is 30.9 Å². The van der Waals surface area contributed by atoms with Crippen LogP contribution >= 0.6 is 0 Å². The van der Waals surface area contributed by atoms with E-state index < -0.39 is 11.9 Å². The molecule has 31 heavy (non-hydrogen) atoms. The maximum Gasteiger partial charge on any atom is 0.303 e. The van der Waals surface area contributed by atoms with Crippen molar-refractivity contribution in [3.8, 4) is 0 Å². The van der Waals surface area contributed by atoms with Gasteiger partial charge in [0.1, 0.15) is 18.1 Å². The van der Waals surface area contributed by atoms with Crippen molar-refractivity contribution in [1.29, 1.82) is 0 Å². The number of nitroso groups, excluding NO2 is 1. The Morgan fingerprint density at radius 2 is 2.03 bits per heavy atom. The van der Waals surface area contributed by atoms with Crippen LogP contribution < -0.4 is 11.1 Å². The van der Waals surface area contributed by atoms with Gasteiger partial charge in [-0.25, -0.2) is 4.98 Å². The van der Waals surface area contributed by atoms with E-state index in [4.69, 9.17) is 10.5 Å². The van der Waals surface area contributed by atoms with Gasteiger partial charge in [0.25, 0.3) is 0 Å². The topological polar surface area (TPSA) is 110 Å². The largest absolute Gasteiger partial charge is 0.384 e. The van der Waals surface area contributed by atoms with Crippen molar-refractivity contribution in [1.82, 2.24) is 15.2 Å². The zero-order chi connectivity index (χ0) is 21.8. The van der Waals surface area contributed by atoms with E-state index in [1.165, 1.54) is 10.8 Å². The Hall–Kier alpha value is -3.20. The van der Waals surface area contributed by atoms with Crippen LogP contribution in [0.3, 0.4) is 0 Å². The molecule has 1 aliphatic heterocycles. The van der Waals surface area contributed by atoms with Crippen molar-refractivity contribution in [3.63, 3.8) is 0 Å². The van der Waals surface area contributed by atoms with Crippen LogP contribution in [0.1, 0.15) is 11.1 Å². The average Bonchev–Trinajstić information content (AvgIpc) is 2.78. The van der Waals surface area contributed by atoms with E-state index in [2.05, 4.69) is 39.7 Å². The predicted octanol–water partition coefficient (Wildman–Crippen LogP) is 2.67. The average molecular weight is 419 g/mol. The molecule has 1 aromatic heterocycles. The maximum absolute atomic E-state index is 12.3. The molecule has 3 N–H and O–H groups in total. The summed E-state index contributed by atoms with van der Waals surface area (Å²) in [7, 11) is 1.60. The first-order valence-corrected chi connectivity index (χ1v) is 10.2. The molecule has 0 bridgehead atoms. The van der Waals surface area contributed by atoms with Gasteiger partial charge in [0.2, 0.25) is 0 Å². The molecule has 1 aliphatic rings. The molecule has 8 heteroatoms. The number of carbonyl (C=O) groups is 1. The number of carbonyl (C=O) groups excluding carboxylic acids is 1. The second-order valence-electron chi connectivity index (χ2n) is 7.69. The highest BCUT2D eigenvalue weighted by atomic mass is 16.5. The predicted molar refractivity (Wildman–Crippen MR) is 119 cm³/mol. The molecular formula is C23H25N5O3. The van der Waals surface area contributed by atoms with E-state index in [0.29, 0.717) is 25.5 Å². The normalized spacial score (nSPS) is 21.0. The van der Waals surface area contributed by atoms with Crippen LogP contribution in [-0.4, -0.2) is 41.8 Å². The molecule has 2 aromatic carbocycles. The van der Waals surface area contributed by atoms with Crippen molar-refractivity contribution in [2.75, 3.05) is 19.5 Å². The zero-order valence-corrected chi connectivity index (χ0v) is 17.3. The molecule has 2 unspecified atom stereocenters. The van der Waals surface area contributed by atoms with E-state index in [0.717, 1.165) is 11.1 Å². The molecule has 1 saturated heterocycles. The van der Waals surface area contributed by atoms with Crippen molar-refractivity contribution in [2.24, 2.45) is 11.1 Å². The molecule has 1 fully saturated rings. The number of likely N-dealkylation sites (tertiary alicyclic amines) is 1. The SMILES string of the molecule is COC1[C@H](Cc2ccnc(N)c2)C(C(=O)N=O)N1CNCc1cccc2ccccc12. The molecule has 1 amide bonds. The smallest absolute Gasteiger partial charge is 0.303 e. The lowest BCUT2D eigenvalue weighted by molar-refractivity contribution is -0.196. The summed E-state index contributed by atoms with van der Waals surface area (Å²) in [5.74, 6) is -0.473. The van der Waals surface area contributed by atoms with Crippen LogP contribution in [-0.2, 0) is 22.5 Å². The van der Waals surface area contributed by atoms with Crippen LogP contribution in [0.25, 0.3) is 10.8 Å². The van der Waals surface area contributed by atoms with Crippen LogP contribution in [0.5, 0.6) is 0 Å². The maximum atomic E-state index is 12.3. The minimum atomic E-state index is -0.688. The van der Waals surface area contributed by atoms with E-state index in [1.54, 1.807) is 19.4 Å². The number of nitrogens with one attached hydrogen (secondary N) is 1. The van der Waals surface area contributed by atoms with Crippen molar-refractivity contribution in [2.45, 2.75) is 25.2 Å². The third kappa shape index (κ3) is 4.32. The van der Waals surface area contributed by atoms with Crippen LogP contribution in [0.15, 0.2) is 66.0 Å². The molecule has 0 aliphatic carbocycles. The van der Waals surface area contributed by atoms with Crippen molar-refractivity contribution < 1.29 is 9.53 Å². The number of pyridine rings is 1. The van der Waals surface area contributed by atoms with Gasteiger partial charge in [0.15, 0.2) is 0 Å². The lowest BCUT2D eigenvalue weighted by atomic mass is 9.81. The lowest BCUT2D eigenvalue weighted by Crippen LogP contribution is -2.69. The van der Waals surface area contributed by atoms with E-state index in [1.807, 2.05) is 29.2 Å². The van der Waals surface area contributed by atoms with Gasteiger partial charge in [-0.05, 0) is 40.5 Å². The molecule has 8 nitrogen and oxygen atoms in total. The number of aromatic nitrogens is 1. The first kappa shape index (κ1) is 21.0. The van der Waals surface area contributed by atoms with Crippen LogP contribution in [0.4, 0.5) is 5.82 Å². The number of anilines is 1. The van der Waals surface area contributed by atoms with Crippen LogP contribution in [0.2, 0.25) is 0 Å². The van der Waals surface area contributed by atoms with Crippen molar-refractivity contribution in [3.05, 3.63) is 76.8 Å². The molecule has 2 heterocycles. The lowest BCUT2D eigenvalue weighted by Gasteiger charge is -2.52. The summed E-state index contributed by atoms with van der Waals surface area (Å²) in [4.78, 5) is 29.2. The highest BCUT2D eigenvalue weighted by Crippen LogP contribution is 2.36. The Balaban J connectivity index is 1.46. The Morgan fingerprint density at radius 1 is 1.23 bits per heavy atom. The van der Waals surface area contributed by atoms with Gasteiger partial charge in [-0.15, -0.1) is 4.91 Å². The first-order valence-electron chi connectivity index (χ1n) is 10.2. The number of methoxy groups -OCH3 is 1. The van der Waals surface area contributed by atoms with Gasteiger partial charge in [0.05, 0.1) is 6.67 Å². The Morgan fingerprint density at radius 3 is 2.81 bits per heavy atom. The third-order valence-electron chi connectivity index (χ3n) is 5.85. The van der Waals surface area contributed by atoms with Gasteiger partial charge in [-0.3, -0.25) is 9.69 Å². The number of ether oxygens (including phenoxy) is 1. The van der Waals surface area contributed by atoms with Gasteiger partial charge in [-0.1, -0.05) is 42.5 Å². The minimum absolute atomic E-state index is 0.198. The minimum Gasteiger partial charge on any atom is -0.384 e. The second-order valence-corrected chi connectivity index (χ2v) is 7.69. The van der Waals surface area contributed by atoms with Gasteiger partial charge in [-0.2, -0.15) is 0 Å². The van der Waals surface area contributed by atoms with Gasteiger partial charge < -0.3 is 15.8 Å². The summed E-state index contributed by atoms with van der Waals surface area (Å²) in [6.45, 7) is 1.01. The third-order valence-corrected chi connectivity index (χ3v) is 5.85. The number of nitrogens with two attached hydrogens (primary N) is 1. The Bertz CT molecular complexity index is 1080. The molecule has 4 rings (SSSR count). The summed E-state index contributed by atoms with van der Waals surface area (Å²) >= 11 is 0. The quantitative estimate of drug-likeness (QED) is 0.540. The number of amides is 1. The number of benzene rings is 2. The first-order chi connectivity index (χ1) is 15.1. The number of hydrogen-bond acceptors (Lipinski definition) is 7. The Labute approximate surface area is 180 Å². The molecule has 160 valence electrons. The Kier molecular flexibility index (Phi) is 6.31. The number of rotatable bonds is 8. The summed E-state index contributed by atoms with van der Waals surface area (Å²) in [5.41, 5.74) is 7.87. The number of fused-ring (bicyclic) bond motifs is 1. The van der Waals surface area contributed by atoms with E-state index in [9.17, 15) is 9.70 Å². The fraction of sp³-hybridized carbons (Fsp3) is 0.304. The molecular weight excluding hydrogens is 394 g/mol. The molecule has 3 atom stereocenters. The fourth-order valence-corrected chi connectivity index (χ4v) is 4.45. The highest BCUT2D eigenvalue weighted by Gasteiger charge is 2.52. The molecule has 3 aromatic rings. The molecule has 0 spiro atoms. The fourth-order valence-electron chi connectivity index (χ4n) is 4.45. The van der Waals surface area contributed by atoms with E-state index >= 15 is 0 Å². The number of nitrogens with zero attached hydrogens (tertiary/aromatic N) is 3. The second kappa shape index (κ2) is 9.30. The zero-order valence-electron chi connectivity index (χ0n) is 17.3. The van der Waals surface area contributed by atoms with Crippen LogP contribution in [0, 0.1) is 10.8 Å². The van der Waals surface area contributed by atoms with Gasteiger partial charge >= 0.3 is 5.91 Å². The highest BCUT2D eigenvalue weighted by molar-refractivity contribution is 5.85. The summed E-state index contributed by atoms with van der Waals surface area (Å²) in [6.07, 6.45) is 1.85. The summed E-state index contributed by atoms with van der Waals surface area (Å²) < 4.78 is 5.65. The molecule has 0 saturated carbocycles. The number of nitrogen functional groups attached to an aromatic ring is 1. The van der Waals surface area contributed by atoms with Crippen molar-refractivity contribution >= 4 is 22.5 Å². The standard InChI is InChI=1S/C23H25N5O3/c1-31-23-19(11-15-9-10-26-20(24)12-15)21(22(29)27-30)28(23)14-25-13-17-7-4-6-16-5-2-3-8-18(16)17/h2-10,12,19,21,23,25H,11,13-14H2,1H3,(H2,24,26)/t19-,21?,23?/m1/s1. The summed E-state index contributed by atoms with van der Waals surface area (Å²) in [5, 5.41) is 8.43. The number of hydrogen-bond donors (Lipinski definition) is 2.